The van der Waals surface area contributed by atoms with Crippen molar-refractivity contribution >= 4 is 17.5 Å². The lowest BCUT2D eigenvalue weighted by Crippen LogP contribution is -2.28. The number of carbonyl (C=O) groups excluding carboxylic acids is 2. The lowest BCUT2D eigenvalue weighted by molar-refractivity contribution is -0.125. The first-order valence-electron chi connectivity index (χ1n) is 9.31. The summed E-state index contributed by atoms with van der Waals surface area (Å²) in [5, 5.41) is 6.04. The van der Waals surface area contributed by atoms with E-state index in [1.807, 2.05) is 6.07 Å². The zero-order valence-electron chi connectivity index (χ0n) is 15.2. The van der Waals surface area contributed by atoms with Gasteiger partial charge in [0.25, 0.3) is 0 Å². The van der Waals surface area contributed by atoms with Crippen molar-refractivity contribution in [1.29, 1.82) is 0 Å². The summed E-state index contributed by atoms with van der Waals surface area (Å²) in [6.07, 6.45) is 5.71. The van der Waals surface area contributed by atoms with Crippen LogP contribution in [0.3, 0.4) is 0 Å². The van der Waals surface area contributed by atoms with Gasteiger partial charge in [0.1, 0.15) is 0 Å². The van der Waals surface area contributed by atoms with Gasteiger partial charge in [-0.15, -0.1) is 0 Å². The van der Waals surface area contributed by atoms with Crippen LogP contribution in [0.1, 0.15) is 57.6 Å². The molecule has 1 aliphatic carbocycles. The molecule has 2 rings (SSSR count). The molecule has 2 N–H and O–H groups in total. The molecule has 4 heteroatoms. The van der Waals surface area contributed by atoms with E-state index < -0.39 is 0 Å². The minimum absolute atomic E-state index is 0.0145. The molecule has 2 atom stereocenters. The van der Waals surface area contributed by atoms with Crippen LogP contribution in [0, 0.1) is 11.8 Å². The van der Waals surface area contributed by atoms with Gasteiger partial charge < -0.3 is 10.6 Å². The Kier molecular flexibility index (Phi) is 6.83. The highest BCUT2D eigenvalue weighted by atomic mass is 16.2. The Hall–Kier alpha value is -1.84. The SMILES string of the molecule is CCCCCNC(=O)C1CC1C(=O)Nc1c(CC)cccc1CC. The van der Waals surface area contributed by atoms with Gasteiger partial charge >= 0.3 is 0 Å². The van der Waals surface area contributed by atoms with E-state index in [9.17, 15) is 9.59 Å². The lowest BCUT2D eigenvalue weighted by atomic mass is 10.0. The lowest BCUT2D eigenvalue weighted by Gasteiger charge is -2.14. The Balaban J connectivity index is 1.90. The van der Waals surface area contributed by atoms with Crippen molar-refractivity contribution in [3.8, 4) is 0 Å². The fourth-order valence-electron chi connectivity index (χ4n) is 3.11. The van der Waals surface area contributed by atoms with Crippen LogP contribution in [0.5, 0.6) is 0 Å². The first-order chi connectivity index (χ1) is 11.6. The molecule has 2 unspecified atom stereocenters. The van der Waals surface area contributed by atoms with Crippen molar-refractivity contribution in [3.63, 3.8) is 0 Å². The van der Waals surface area contributed by atoms with Crippen LogP contribution in [0.25, 0.3) is 0 Å². The van der Waals surface area contributed by atoms with Gasteiger partial charge in [-0.1, -0.05) is 51.8 Å². The van der Waals surface area contributed by atoms with Crippen molar-refractivity contribution in [3.05, 3.63) is 29.3 Å². The van der Waals surface area contributed by atoms with E-state index in [0.29, 0.717) is 6.42 Å². The quantitative estimate of drug-likeness (QED) is 0.678. The zero-order valence-corrected chi connectivity index (χ0v) is 15.2. The first kappa shape index (κ1) is 18.5. The molecule has 0 radical (unpaired) electrons. The topological polar surface area (TPSA) is 58.2 Å². The number of benzene rings is 1. The minimum Gasteiger partial charge on any atom is -0.356 e. The Morgan fingerprint density at radius 3 is 2.21 bits per heavy atom. The maximum absolute atomic E-state index is 12.5. The molecule has 1 saturated carbocycles. The van der Waals surface area contributed by atoms with Crippen LogP contribution >= 0.6 is 0 Å². The summed E-state index contributed by atoms with van der Waals surface area (Å²) in [6.45, 7) is 7.04. The third-order valence-corrected chi connectivity index (χ3v) is 4.79. The molecule has 1 aromatic carbocycles. The van der Waals surface area contributed by atoms with Crippen LogP contribution in [-0.2, 0) is 22.4 Å². The van der Waals surface area contributed by atoms with Gasteiger partial charge in [0, 0.05) is 12.2 Å². The molecule has 0 saturated heterocycles. The molecule has 0 spiro atoms. The predicted molar refractivity (Wildman–Crippen MR) is 98.0 cm³/mol. The molecule has 2 amide bonds. The van der Waals surface area contributed by atoms with Crippen LogP contribution in [0.4, 0.5) is 5.69 Å². The average Bonchev–Trinajstić information content (AvgIpc) is 3.39. The van der Waals surface area contributed by atoms with E-state index in [-0.39, 0.29) is 23.7 Å². The number of anilines is 1. The fourth-order valence-corrected chi connectivity index (χ4v) is 3.11. The highest BCUT2D eigenvalue weighted by Gasteiger charge is 2.48. The van der Waals surface area contributed by atoms with E-state index in [2.05, 4.69) is 43.5 Å². The van der Waals surface area contributed by atoms with Crippen molar-refractivity contribution < 1.29 is 9.59 Å². The molecular weight excluding hydrogens is 300 g/mol. The van der Waals surface area contributed by atoms with Crippen LogP contribution < -0.4 is 10.6 Å². The standard InChI is InChI=1S/C20H30N2O2/c1-4-7-8-12-21-19(23)16-13-17(16)20(24)22-18-14(5-2)10-9-11-15(18)6-3/h9-11,16-17H,4-8,12-13H2,1-3H3,(H,21,23)(H,22,24). The Labute approximate surface area is 145 Å². The van der Waals surface area contributed by atoms with Gasteiger partial charge in [0.2, 0.25) is 11.8 Å². The number of para-hydroxylation sites is 1. The van der Waals surface area contributed by atoms with Gasteiger partial charge in [-0.05, 0) is 36.8 Å². The number of amides is 2. The zero-order chi connectivity index (χ0) is 17.5. The second-order valence-corrected chi connectivity index (χ2v) is 6.59. The van der Waals surface area contributed by atoms with Crippen molar-refractivity contribution in [2.45, 2.75) is 59.3 Å². The number of nitrogens with one attached hydrogen (secondary N) is 2. The Morgan fingerprint density at radius 2 is 1.62 bits per heavy atom. The van der Waals surface area contributed by atoms with Crippen molar-refractivity contribution in [2.24, 2.45) is 11.8 Å². The first-order valence-corrected chi connectivity index (χ1v) is 9.31. The molecule has 0 aliphatic heterocycles. The van der Waals surface area contributed by atoms with E-state index in [0.717, 1.165) is 55.5 Å². The number of hydrogen-bond donors (Lipinski definition) is 2. The maximum Gasteiger partial charge on any atom is 0.228 e. The summed E-state index contributed by atoms with van der Waals surface area (Å²) >= 11 is 0. The monoisotopic (exact) mass is 330 g/mol. The highest BCUT2D eigenvalue weighted by Crippen LogP contribution is 2.40. The minimum atomic E-state index is -0.175. The summed E-state index contributed by atoms with van der Waals surface area (Å²) in [5.74, 6) is -0.304. The van der Waals surface area contributed by atoms with Crippen LogP contribution in [0.2, 0.25) is 0 Å². The highest BCUT2D eigenvalue weighted by molar-refractivity contribution is 6.00. The molecule has 0 aromatic heterocycles. The van der Waals surface area contributed by atoms with E-state index >= 15 is 0 Å². The average molecular weight is 330 g/mol. The van der Waals surface area contributed by atoms with Crippen molar-refractivity contribution in [1.82, 2.24) is 5.32 Å². The second kappa shape index (κ2) is 8.86. The summed E-state index contributed by atoms with van der Waals surface area (Å²) in [5.41, 5.74) is 3.26. The summed E-state index contributed by atoms with van der Waals surface area (Å²) in [6, 6.07) is 6.15. The summed E-state index contributed by atoms with van der Waals surface area (Å²) < 4.78 is 0. The molecule has 24 heavy (non-hydrogen) atoms. The number of hydrogen-bond acceptors (Lipinski definition) is 2. The fraction of sp³-hybridized carbons (Fsp3) is 0.600. The molecule has 1 aliphatic rings. The molecule has 1 aromatic rings. The largest absolute Gasteiger partial charge is 0.356 e. The molecule has 0 bridgehead atoms. The number of unbranched alkanes of at least 4 members (excludes halogenated alkanes) is 2. The van der Waals surface area contributed by atoms with Crippen LogP contribution in [0.15, 0.2) is 18.2 Å². The van der Waals surface area contributed by atoms with Crippen LogP contribution in [-0.4, -0.2) is 18.4 Å². The normalized spacial score (nSPS) is 19.0. The Bertz CT molecular complexity index is 561. The van der Waals surface area contributed by atoms with Gasteiger partial charge in [0.05, 0.1) is 11.8 Å². The van der Waals surface area contributed by atoms with Crippen molar-refractivity contribution in [2.75, 3.05) is 11.9 Å². The van der Waals surface area contributed by atoms with E-state index in [1.54, 1.807) is 0 Å². The molecular formula is C20H30N2O2. The van der Waals surface area contributed by atoms with Gasteiger partial charge in [-0.3, -0.25) is 9.59 Å². The molecule has 1 fully saturated rings. The maximum atomic E-state index is 12.5. The van der Waals surface area contributed by atoms with Gasteiger partial charge in [-0.2, -0.15) is 0 Å². The molecule has 0 heterocycles. The number of rotatable bonds is 9. The molecule has 4 nitrogen and oxygen atoms in total. The number of aryl methyl sites for hydroxylation is 2. The third kappa shape index (κ3) is 4.59. The predicted octanol–water partition coefficient (Wildman–Crippen LogP) is 3.69. The second-order valence-electron chi connectivity index (χ2n) is 6.59. The summed E-state index contributed by atoms with van der Waals surface area (Å²) in [7, 11) is 0. The van der Waals surface area contributed by atoms with E-state index in [1.165, 1.54) is 0 Å². The summed E-state index contributed by atoms with van der Waals surface area (Å²) in [4.78, 5) is 24.6. The smallest absolute Gasteiger partial charge is 0.228 e. The Morgan fingerprint density at radius 1 is 1.00 bits per heavy atom. The number of carbonyl (C=O) groups is 2. The van der Waals surface area contributed by atoms with Gasteiger partial charge in [0.15, 0.2) is 0 Å². The van der Waals surface area contributed by atoms with Gasteiger partial charge in [-0.25, -0.2) is 0 Å². The van der Waals surface area contributed by atoms with E-state index in [4.69, 9.17) is 0 Å². The molecule has 132 valence electrons. The third-order valence-electron chi connectivity index (χ3n) is 4.79.